The summed E-state index contributed by atoms with van der Waals surface area (Å²) in [7, 11) is 0. The van der Waals surface area contributed by atoms with Crippen molar-refractivity contribution in [2.45, 2.75) is 77.1 Å². The zero-order chi connectivity index (χ0) is 17.9. The van der Waals surface area contributed by atoms with Gasteiger partial charge in [-0.1, -0.05) is 25.5 Å². The molecule has 7 unspecified atom stereocenters. The third-order valence-corrected chi connectivity index (χ3v) is 5.93. The topological polar surface area (TPSA) is 98.0 Å². The molecule has 7 atom stereocenters. The largest absolute Gasteiger partial charge is 0.481 e. The van der Waals surface area contributed by atoms with Crippen molar-refractivity contribution in [2.75, 3.05) is 0 Å². The van der Waals surface area contributed by atoms with Crippen LogP contribution in [0.5, 0.6) is 0 Å². The lowest BCUT2D eigenvalue weighted by molar-refractivity contribution is -0.139. The smallest absolute Gasteiger partial charge is 0.305 e. The number of fused-ring (bicyclic) bond motifs is 1. The standard InChI is InChI=1S/C19H32O5/c1-11-3-5-17-13(7-11)8-18(22)12(2)16(17)6-4-14(20)9-15(21)10-19(23)24/h8,11-12,14-18,20-22H,3-7,9-10H2,1-2H3,(H,23,24). The molecule has 2 rings (SSSR count). The summed E-state index contributed by atoms with van der Waals surface area (Å²) in [6.07, 6.45) is 4.46. The van der Waals surface area contributed by atoms with E-state index < -0.39 is 24.3 Å². The molecule has 0 saturated heterocycles. The lowest BCUT2D eigenvalue weighted by Crippen LogP contribution is -2.38. The van der Waals surface area contributed by atoms with Crippen molar-refractivity contribution in [1.82, 2.24) is 0 Å². The van der Waals surface area contributed by atoms with E-state index in [1.807, 2.05) is 0 Å². The highest BCUT2D eigenvalue weighted by Gasteiger charge is 2.39. The van der Waals surface area contributed by atoms with Crippen molar-refractivity contribution in [3.8, 4) is 0 Å². The fourth-order valence-corrected chi connectivity index (χ4v) is 4.54. The zero-order valence-corrected chi connectivity index (χ0v) is 14.8. The molecule has 0 radical (unpaired) electrons. The van der Waals surface area contributed by atoms with Crippen molar-refractivity contribution in [3.05, 3.63) is 11.6 Å². The van der Waals surface area contributed by atoms with Crippen molar-refractivity contribution in [1.29, 1.82) is 0 Å². The third-order valence-electron chi connectivity index (χ3n) is 5.93. The molecule has 5 heteroatoms. The van der Waals surface area contributed by atoms with Gasteiger partial charge in [0, 0.05) is 0 Å². The van der Waals surface area contributed by atoms with Gasteiger partial charge in [0.05, 0.1) is 24.7 Å². The number of rotatable bonds is 7. The van der Waals surface area contributed by atoms with Crippen molar-refractivity contribution >= 4 is 5.97 Å². The Hall–Kier alpha value is -0.910. The number of hydrogen-bond acceptors (Lipinski definition) is 4. The minimum atomic E-state index is -1.05. The number of carboxylic acids is 1. The fraction of sp³-hybridized carbons (Fsp3) is 0.842. The Labute approximate surface area is 144 Å². The second-order valence-electron chi connectivity index (χ2n) is 7.97. The number of carboxylic acid groups (broad SMARTS) is 1. The van der Waals surface area contributed by atoms with Crippen LogP contribution in [0, 0.1) is 23.7 Å². The molecule has 2 aliphatic carbocycles. The van der Waals surface area contributed by atoms with Gasteiger partial charge in [-0.3, -0.25) is 4.79 Å². The molecule has 0 aromatic rings. The van der Waals surface area contributed by atoms with Gasteiger partial charge >= 0.3 is 5.97 Å². The number of aliphatic carboxylic acids is 1. The predicted octanol–water partition coefficient (Wildman–Crippen LogP) is 2.34. The molecular formula is C19H32O5. The summed E-state index contributed by atoms with van der Waals surface area (Å²) in [5.74, 6) is 0.633. The molecule has 0 bridgehead atoms. The van der Waals surface area contributed by atoms with Crippen molar-refractivity contribution < 1.29 is 25.2 Å². The summed E-state index contributed by atoms with van der Waals surface area (Å²) in [4.78, 5) is 10.6. The molecule has 2 aliphatic rings. The van der Waals surface area contributed by atoms with Gasteiger partial charge in [0.1, 0.15) is 0 Å². The first-order valence-electron chi connectivity index (χ1n) is 9.24. The van der Waals surface area contributed by atoms with Gasteiger partial charge in [-0.15, -0.1) is 0 Å². The molecule has 0 aliphatic heterocycles. The van der Waals surface area contributed by atoms with Crippen molar-refractivity contribution in [2.24, 2.45) is 23.7 Å². The second kappa shape index (κ2) is 8.45. The Balaban J connectivity index is 1.90. The van der Waals surface area contributed by atoms with Crippen molar-refractivity contribution in [3.63, 3.8) is 0 Å². The van der Waals surface area contributed by atoms with Gasteiger partial charge < -0.3 is 20.4 Å². The van der Waals surface area contributed by atoms with Gasteiger partial charge in [0.15, 0.2) is 0 Å². The number of aliphatic hydroxyl groups excluding tert-OH is 3. The van der Waals surface area contributed by atoms with E-state index in [0.29, 0.717) is 24.2 Å². The molecule has 0 aromatic carbocycles. The summed E-state index contributed by atoms with van der Waals surface area (Å²) in [5, 5.41) is 38.8. The highest BCUT2D eigenvalue weighted by molar-refractivity contribution is 5.67. The summed E-state index contributed by atoms with van der Waals surface area (Å²) in [5.41, 5.74) is 1.38. The molecule has 5 nitrogen and oxygen atoms in total. The monoisotopic (exact) mass is 340 g/mol. The van der Waals surface area contributed by atoms with E-state index in [1.54, 1.807) is 0 Å². The first kappa shape index (κ1) is 19.4. The van der Waals surface area contributed by atoms with E-state index in [-0.39, 0.29) is 18.8 Å². The third kappa shape index (κ3) is 5.04. The first-order valence-corrected chi connectivity index (χ1v) is 9.24. The van der Waals surface area contributed by atoms with Crippen LogP contribution in [-0.4, -0.2) is 44.7 Å². The number of allylic oxidation sites excluding steroid dienone is 1. The minimum absolute atomic E-state index is 0.0976. The van der Waals surface area contributed by atoms with Gasteiger partial charge in [-0.05, 0) is 62.2 Å². The molecule has 0 aromatic heterocycles. The molecule has 138 valence electrons. The molecule has 0 heterocycles. The lowest BCUT2D eigenvalue weighted by Gasteiger charge is -2.43. The first-order chi connectivity index (χ1) is 11.3. The van der Waals surface area contributed by atoms with Crippen LogP contribution in [-0.2, 0) is 4.79 Å². The summed E-state index contributed by atoms with van der Waals surface area (Å²) < 4.78 is 0. The van der Waals surface area contributed by atoms with E-state index in [9.17, 15) is 20.1 Å². The molecule has 4 N–H and O–H groups in total. The Morgan fingerprint density at radius 1 is 1.25 bits per heavy atom. The number of hydrogen-bond donors (Lipinski definition) is 4. The highest BCUT2D eigenvalue weighted by Crippen LogP contribution is 2.46. The van der Waals surface area contributed by atoms with Crippen LogP contribution in [0.1, 0.15) is 58.8 Å². The van der Waals surface area contributed by atoms with Gasteiger partial charge in [-0.2, -0.15) is 0 Å². The molecule has 0 amide bonds. The van der Waals surface area contributed by atoms with Crippen LogP contribution >= 0.6 is 0 Å². The van der Waals surface area contributed by atoms with Crippen LogP contribution < -0.4 is 0 Å². The molecule has 1 fully saturated rings. The van der Waals surface area contributed by atoms with Gasteiger partial charge in [0.2, 0.25) is 0 Å². The van der Waals surface area contributed by atoms with Crippen LogP contribution in [0.2, 0.25) is 0 Å². The maximum Gasteiger partial charge on any atom is 0.305 e. The normalized spacial score (nSPS) is 35.7. The summed E-state index contributed by atoms with van der Waals surface area (Å²) in [6, 6.07) is 0. The lowest BCUT2D eigenvalue weighted by atomic mass is 9.63. The Morgan fingerprint density at radius 3 is 2.62 bits per heavy atom. The number of carbonyl (C=O) groups is 1. The van der Waals surface area contributed by atoms with Crippen LogP contribution in [0.3, 0.4) is 0 Å². The Morgan fingerprint density at radius 2 is 1.96 bits per heavy atom. The van der Waals surface area contributed by atoms with Gasteiger partial charge in [-0.25, -0.2) is 0 Å². The fourth-order valence-electron chi connectivity index (χ4n) is 4.54. The molecule has 24 heavy (non-hydrogen) atoms. The average Bonchev–Trinajstić information content (AvgIpc) is 2.46. The van der Waals surface area contributed by atoms with Crippen LogP contribution in [0.15, 0.2) is 11.6 Å². The Kier molecular flexibility index (Phi) is 6.84. The molecule has 0 spiro atoms. The molecule has 1 saturated carbocycles. The van der Waals surface area contributed by atoms with Crippen LogP contribution in [0.25, 0.3) is 0 Å². The maximum atomic E-state index is 10.6. The summed E-state index contributed by atoms with van der Waals surface area (Å²) in [6.45, 7) is 4.33. The number of aliphatic hydroxyl groups is 3. The van der Waals surface area contributed by atoms with Gasteiger partial charge in [0.25, 0.3) is 0 Å². The van der Waals surface area contributed by atoms with Crippen LogP contribution in [0.4, 0.5) is 0 Å². The maximum absolute atomic E-state index is 10.6. The SMILES string of the molecule is CC1CCC2C(=CC(O)C(C)C2CCC(O)CC(O)CC(=O)O)C1. The second-order valence-corrected chi connectivity index (χ2v) is 7.97. The van der Waals surface area contributed by atoms with E-state index in [4.69, 9.17) is 5.11 Å². The highest BCUT2D eigenvalue weighted by atomic mass is 16.4. The average molecular weight is 340 g/mol. The van der Waals surface area contributed by atoms with E-state index in [1.165, 1.54) is 12.0 Å². The summed E-state index contributed by atoms with van der Waals surface area (Å²) >= 11 is 0. The van der Waals surface area contributed by atoms with E-state index in [2.05, 4.69) is 19.9 Å². The Bertz CT molecular complexity index is 461. The minimum Gasteiger partial charge on any atom is -0.481 e. The van der Waals surface area contributed by atoms with E-state index in [0.717, 1.165) is 19.3 Å². The molecular weight excluding hydrogens is 308 g/mol. The van der Waals surface area contributed by atoms with E-state index >= 15 is 0 Å². The zero-order valence-electron chi connectivity index (χ0n) is 14.8. The predicted molar refractivity (Wildman–Crippen MR) is 91.4 cm³/mol. The quantitative estimate of drug-likeness (QED) is 0.533.